The first kappa shape index (κ1) is 15.5. The molecule has 0 saturated carbocycles. The fourth-order valence-electron chi connectivity index (χ4n) is 2.89. The van der Waals surface area contributed by atoms with E-state index in [1.54, 1.807) is 0 Å². The van der Waals surface area contributed by atoms with Crippen molar-refractivity contribution in [2.45, 2.75) is 18.9 Å². The summed E-state index contributed by atoms with van der Waals surface area (Å²) < 4.78 is 0.969. The summed E-state index contributed by atoms with van der Waals surface area (Å²) in [5.74, 6) is 0.342. The summed E-state index contributed by atoms with van der Waals surface area (Å²) >= 11 is 3.45. The first-order valence-electron chi connectivity index (χ1n) is 7.03. The van der Waals surface area contributed by atoms with E-state index in [2.05, 4.69) is 26.1 Å². The average molecular weight is 340 g/mol. The first-order valence-corrected chi connectivity index (χ1v) is 7.83. The molecular formula is C15H22BrN3O. The number of rotatable bonds is 5. The van der Waals surface area contributed by atoms with Crippen LogP contribution in [0.4, 0.5) is 0 Å². The van der Waals surface area contributed by atoms with Gasteiger partial charge in [0.1, 0.15) is 6.04 Å². The van der Waals surface area contributed by atoms with Gasteiger partial charge in [-0.15, -0.1) is 0 Å². The number of hydrogen-bond donors (Lipinski definition) is 2. The number of piperidine rings is 1. The zero-order chi connectivity index (χ0) is 14.5. The lowest BCUT2D eigenvalue weighted by atomic mass is 9.96. The zero-order valence-corrected chi connectivity index (χ0v) is 13.4. The van der Waals surface area contributed by atoms with Crippen LogP contribution in [0.2, 0.25) is 0 Å². The van der Waals surface area contributed by atoms with Crippen LogP contribution in [-0.4, -0.2) is 37.5 Å². The van der Waals surface area contributed by atoms with Crippen molar-refractivity contribution in [3.63, 3.8) is 0 Å². The molecular weight excluding hydrogens is 318 g/mol. The van der Waals surface area contributed by atoms with E-state index in [0.717, 1.165) is 42.5 Å². The van der Waals surface area contributed by atoms with Crippen LogP contribution in [0, 0.1) is 5.92 Å². The van der Waals surface area contributed by atoms with E-state index in [4.69, 9.17) is 5.73 Å². The van der Waals surface area contributed by atoms with Gasteiger partial charge in [0.25, 0.3) is 0 Å². The Morgan fingerprint density at radius 3 is 2.80 bits per heavy atom. The second-order valence-corrected chi connectivity index (χ2v) is 6.41. The molecule has 20 heavy (non-hydrogen) atoms. The molecule has 1 unspecified atom stereocenters. The summed E-state index contributed by atoms with van der Waals surface area (Å²) in [6.07, 6.45) is 2.32. The fraction of sp³-hybridized carbons (Fsp3) is 0.533. The SMILES string of the molecule is CN(CC1CCNCC1)C(C(N)=O)c1cccc(Br)c1. The van der Waals surface area contributed by atoms with Crippen molar-refractivity contribution in [1.29, 1.82) is 0 Å². The van der Waals surface area contributed by atoms with Crippen LogP contribution in [0.3, 0.4) is 0 Å². The fourth-order valence-corrected chi connectivity index (χ4v) is 3.31. The molecule has 0 bridgehead atoms. The number of amides is 1. The Morgan fingerprint density at radius 1 is 1.50 bits per heavy atom. The lowest BCUT2D eigenvalue weighted by molar-refractivity contribution is -0.123. The van der Waals surface area contributed by atoms with Crippen molar-refractivity contribution in [1.82, 2.24) is 10.2 Å². The summed E-state index contributed by atoms with van der Waals surface area (Å²) in [6, 6.07) is 7.46. The highest BCUT2D eigenvalue weighted by Crippen LogP contribution is 2.24. The van der Waals surface area contributed by atoms with E-state index in [0.29, 0.717) is 5.92 Å². The Kier molecular flexibility index (Phi) is 5.57. The molecule has 1 fully saturated rings. The number of nitrogens with one attached hydrogen (secondary N) is 1. The van der Waals surface area contributed by atoms with Crippen molar-refractivity contribution in [2.24, 2.45) is 11.7 Å². The number of halogens is 1. The minimum Gasteiger partial charge on any atom is -0.368 e. The Balaban J connectivity index is 2.09. The monoisotopic (exact) mass is 339 g/mol. The lowest BCUT2D eigenvalue weighted by Crippen LogP contribution is -2.40. The standard InChI is InChI=1S/C15H22BrN3O/c1-19(10-11-5-7-18-8-6-11)14(15(17)20)12-3-2-4-13(16)9-12/h2-4,9,11,14,18H,5-8,10H2,1H3,(H2,17,20). The van der Waals surface area contributed by atoms with Crippen molar-refractivity contribution in [2.75, 3.05) is 26.7 Å². The van der Waals surface area contributed by atoms with Crippen LogP contribution in [0.15, 0.2) is 28.7 Å². The highest BCUT2D eigenvalue weighted by atomic mass is 79.9. The van der Waals surface area contributed by atoms with Gasteiger partial charge in [-0.25, -0.2) is 0 Å². The number of primary amides is 1. The highest BCUT2D eigenvalue weighted by Gasteiger charge is 2.25. The molecule has 1 heterocycles. The second-order valence-electron chi connectivity index (χ2n) is 5.49. The predicted octanol–water partition coefficient (Wildman–Crippen LogP) is 1.91. The molecule has 1 amide bonds. The number of nitrogens with two attached hydrogens (primary N) is 1. The third-order valence-electron chi connectivity index (χ3n) is 3.88. The smallest absolute Gasteiger partial charge is 0.239 e. The summed E-state index contributed by atoms with van der Waals surface area (Å²) in [5.41, 5.74) is 6.56. The quantitative estimate of drug-likeness (QED) is 0.861. The Bertz CT molecular complexity index is 460. The maximum atomic E-state index is 11.8. The van der Waals surface area contributed by atoms with Crippen LogP contribution in [-0.2, 0) is 4.79 Å². The molecule has 5 heteroatoms. The molecule has 0 aromatic heterocycles. The molecule has 110 valence electrons. The molecule has 0 aliphatic carbocycles. The van der Waals surface area contributed by atoms with Crippen LogP contribution >= 0.6 is 15.9 Å². The molecule has 1 aliphatic rings. The number of carbonyl (C=O) groups is 1. The molecule has 3 N–H and O–H groups in total. The first-order chi connectivity index (χ1) is 9.58. The van der Waals surface area contributed by atoms with E-state index in [1.807, 2.05) is 31.3 Å². The predicted molar refractivity (Wildman–Crippen MR) is 84.3 cm³/mol. The third kappa shape index (κ3) is 4.04. The molecule has 1 aromatic carbocycles. The Morgan fingerprint density at radius 2 is 2.20 bits per heavy atom. The van der Waals surface area contributed by atoms with Gasteiger partial charge in [-0.1, -0.05) is 28.1 Å². The Hall–Kier alpha value is -0.910. The molecule has 0 radical (unpaired) electrons. The zero-order valence-electron chi connectivity index (χ0n) is 11.8. The molecule has 1 aromatic rings. The van der Waals surface area contributed by atoms with Crippen molar-refractivity contribution >= 4 is 21.8 Å². The largest absolute Gasteiger partial charge is 0.368 e. The van der Waals surface area contributed by atoms with Crippen LogP contribution < -0.4 is 11.1 Å². The van der Waals surface area contributed by atoms with E-state index < -0.39 is 0 Å². The Labute approximate surface area is 128 Å². The van der Waals surface area contributed by atoms with Crippen molar-refractivity contribution in [3.05, 3.63) is 34.3 Å². The maximum Gasteiger partial charge on any atom is 0.239 e. The van der Waals surface area contributed by atoms with Gasteiger partial charge in [-0.05, 0) is 56.6 Å². The normalized spacial score (nSPS) is 18.1. The molecule has 1 atom stereocenters. The van der Waals surface area contributed by atoms with Gasteiger partial charge in [-0.2, -0.15) is 0 Å². The second kappa shape index (κ2) is 7.20. The summed E-state index contributed by atoms with van der Waals surface area (Å²) in [6.45, 7) is 3.04. The average Bonchev–Trinajstić information content (AvgIpc) is 2.39. The van der Waals surface area contributed by atoms with Crippen LogP contribution in [0.25, 0.3) is 0 Å². The minimum atomic E-state index is -0.359. The van der Waals surface area contributed by atoms with Gasteiger partial charge >= 0.3 is 0 Å². The van der Waals surface area contributed by atoms with Gasteiger partial charge in [0.2, 0.25) is 5.91 Å². The van der Waals surface area contributed by atoms with E-state index in [1.165, 1.54) is 0 Å². The number of carbonyl (C=O) groups excluding carboxylic acids is 1. The van der Waals surface area contributed by atoms with E-state index in [9.17, 15) is 4.79 Å². The molecule has 4 nitrogen and oxygen atoms in total. The molecule has 1 aliphatic heterocycles. The summed E-state index contributed by atoms with van der Waals surface area (Å²) in [4.78, 5) is 13.9. The number of nitrogens with zero attached hydrogens (tertiary/aromatic N) is 1. The number of hydrogen-bond acceptors (Lipinski definition) is 3. The van der Waals surface area contributed by atoms with Crippen molar-refractivity contribution in [3.8, 4) is 0 Å². The van der Waals surface area contributed by atoms with E-state index in [-0.39, 0.29) is 11.9 Å². The summed E-state index contributed by atoms with van der Waals surface area (Å²) in [5, 5.41) is 3.36. The van der Waals surface area contributed by atoms with Crippen LogP contribution in [0.1, 0.15) is 24.4 Å². The third-order valence-corrected chi connectivity index (χ3v) is 4.37. The van der Waals surface area contributed by atoms with Gasteiger partial charge in [-0.3, -0.25) is 9.69 Å². The molecule has 0 spiro atoms. The van der Waals surface area contributed by atoms with Gasteiger partial charge in [0, 0.05) is 11.0 Å². The van der Waals surface area contributed by atoms with Crippen LogP contribution in [0.5, 0.6) is 0 Å². The van der Waals surface area contributed by atoms with E-state index >= 15 is 0 Å². The lowest BCUT2D eigenvalue weighted by Gasteiger charge is -2.31. The van der Waals surface area contributed by atoms with Gasteiger partial charge < -0.3 is 11.1 Å². The van der Waals surface area contributed by atoms with Gasteiger partial charge in [0.15, 0.2) is 0 Å². The van der Waals surface area contributed by atoms with Gasteiger partial charge in [0.05, 0.1) is 0 Å². The topological polar surface area (TPSA) is 58.4 Å². The molecule has 1 saturated heterocycles. The number of likely N-dealkylation sites (N-methyl/N-ethyl adjacent to an activating group) is 1. The minimum absolute atomic E-state index is 0.292. The summed E-state index contributed by atoms with van der Waals surface area (Å²) in [7, 11) is 1.98. The van der Waals surface area contributed by atoms with Crippen molar-refractivity contribution < 1.29 is 4.79 Å². The molecule has 2 rings (SSSR count). The highest BCUT2D eigenvalue weighted by molar-refractivity contribution is 9.10. The maximum absolute atomic E-state index is 11.8. The number of benzene rings is 1.